The fraction of sp³-hybridized carbons (Fsp3) is 0.636. The van der Waals surface area contributed by atoms with E-state index < -0.39 is 0 Å². The summed E-state index contributed by atoms with van der Waals surface area (Å²) in [5.41, 5.74) is 0.571. The molecule has 0 aromatic heterocycles. The number of rotatable bonds is 11. The second-order valence-corrected chi connectivity index (χ2v) is 8.83. The number of benzene rings is 1. The maximum absolute atomic E-state index is 12.0. The molecule has 1 saturated heterocycles. The number of hydrogen-bond acceptors (Lipinski definition) is 5. The van der Waals surface area contributed by atoms with Crippen LogP contribution in [-0.2, 0) is 16.1 Å². The van der Waals surface area contributed by atoms with E-state index in [9.17, 15) is 9.59 Å². The number of carbonyl (C=O) groups excluding carboxylic acids is 2. The lowest BCUT2D eigenvalue weighted by Crippen LogP contribution is -2.43. The average Bonchev–Trinajstić information content (AvgIpc) is 3.06. The fourth-order valence-corrected chi connectivity index (χ4v) is 3.47. The zero-order chi connectivity index (χ0) is 22.1. The summed E-state index contributed by atoms with van der Waals surface area (Å²) in [5.74, 6) is 1.06. The van der Waals surface area contributed by atoms with Gasteiger partial charge in [-0.25, -0.2) is 0 Å². The van der Waals surface area contributed by atoms with E-state index in [2.05, 4.69) is 10.6 Å². The van der Waals surface area contributed by atoms with Crippen LogP contribution in [0.1, 0.15) is 52.5 Å². The van der Waals surface area contributed by atoms with E-state index in [0.717, 1.165) is 38.0 Å². The Morgan fingerprint density at radius 2 is 1.97 bits per heavy atom. The van der Waals surface area contributed by atoms with E-state index in [-0.39, 0.29) is 24.0 Å². The largest absolute Gasteiger partial charge is 0.490 e. The Bertz CT molecular complexity index is 734. The van der Waals surface area contributed by atoms with E-state index in [4.69, 9.17) is 21.1 Å². The van der Waals surface area contributed by atoms with Crippen LogP contribution in [0.5, 0.6) is 11.5 Å². The van der Waals surface area contributed by atoms with Gasteiger partial charge in [-0.2, -0.15) is 0 Å². The SMILES string of the molecule is CCOc1cc(CNCCCN2CCCC2=O)c(Cl)cc1OCC(=O)NC(C)(C)C. The number of carbonyl (C=O) groups is 2. The zero-order valence-electron chi connectivity index (χ0n) is 18.5. The molecule has 0 unspecified atom stereocenters. The molecule has 0 radical (unpaired) electrons. The van der Waals surface area contributed by atoms with Crippen LogP contribution in [0.25, 0.3) is 0 Å². The number of nitrogens with one attached hydrogen (secondary N) is 2. The van der Waals surface area contributed by atoms with Gasteiger partial charge in [0.05, 0.1) is 6.61 Å². The van der Waals surface area contributed by atoms with Gasteiger partial charge in [0.2, 0.25) is 5.91 Å². The molecule has 1 aromatic carbocycles. The van der Waals surface area contributed by atoms with E-state index in [0.29, 0.717) is 36.1 Å². The monoisotopic (exact) mass is 439 g/mol. The van der Waals surface area contributed by atoms with E-state index >= 15 is 0 Å². The number of halogens is 1. The van der Waals surface area contributed by atoms with Crippen molar-refractivity contribution in [2.75, 3.05) is 32.8 Å². The van der Waals surface area contributed by atoms with Crippen LogP contribution >= 0.6 is 11.6 Å². The van der Waals surface area contributed by atoms with Crippen molar-refractivity contribution >= 4 is 23.4 Å². The molecule has 168 valence electrons. The minimum absolute atomic E-state index is 0.111. The highest BCUT2D eigenvalue weighted by Gasteiger charge is 2.19. The highest BCUT2D eigenvalue weighted by Crippen LogP contribution is 2.33. The summed E-state index contributed by atoms with van der Waals surface area (Å²) in [6.07, 6.45) is 2.54. The fourth-order valence-electron chi connectivity index (χ4n) is 3.25. The molecular formula is C22H34ClN3O4. The van der Waals surface area contributed by atoms with Crippen LogP contribution < -0.4 is 20.1 Å². The van der Waals surface area contributed by atoms with Crippen LogP contribution in [0.3, 0.4) is 0 Å². The lowest BCUT2D eigenvalue weighted by molar-refractivity contribution is -0.127. The predicted molar refractivity (Wildman–Crippen MR) is 118 cm³/mol. The molecular weight excluding hydrogens is 406 g/mol. The number of nitrogens with zero attached hydrogens (tertiary/aromatic N) is 1. The third-order valence-corrected chi connectivity index (χ3v) is 4.91. The van der Waals surface area contributed by atoms with Crippen LogP contribution in [0.15, 0.2) is 12.1 Å². The van der Waals surface area contributed by atoms with E-state index in [1.54, 1.807) is 6.07 Å². The van der Waals surface area contributed by atoms with Crippen molar-refractivity contribution in [3.63, 3.8) is 0 Å². The maximum Gasteiger partial charge on any atom is 0.258 e. The van der Waals surface area contributed by atoms with Crippen molar-refractivity contribution < 1.29 is 19.1 Å². The third kappa shape index (κ3) is 8.03. The van der Waals surface area contributed by atoms with Gasteiger partial charge in [-0.15, -0.1) is 0 Å². The molecule has 0 atom stereocenters. The Labute approximate surface area is 184 Å². The zero-order valence-corrected chi connectivity index (χ0v) is 19.2. The molecule has 0 aliphatic carbocycles. The minimum Gasteiger partial charge on any atom is -0.490 e. The summed E-state index contributed by atoms with van der Waals surface area (Å²) in [7, 11) is 0. The summed E-state index contributed by atoms with van der Waals surface area (Å²) in [6.45, 7) is 11.0. The molecule has 1 aromatic rings. The van der Waals surface area contributed by atoms with Gasteiger partial charge in [0, 0.05) is 42.7 Å². The first-order valence-electron chi connectivity index (χ1n) is 10.6. The minimum atomic E-state index is -0.321. The summed E-state index contributed by atoms with van der Waals surface area (Å²) >= 11 is 6.43. The topological polar surface area (TPSA) is 79.9 Å². The molecule has 8 heteroatoms. The Morgan fingerprint density at radius 3 is 2.60 bits per heavy atom. The van der Waals surface area contributed by atoms with Crippen LogP contribution in [0.4, 0.5) is 0 Å². The van der Waals surface area contributed by atoms with Crippen molar-refractivity contribution in [3.05, 3.63) is 22.7 Å². The number of hydrogen-bond donors (Lipinski definition) is 2. The first-order valence-corrected chi connectivity index (χ1v) is 10.9. The molecule has 1 heterocycles. The molecule has 2 amide bonds. The normalized spacial score (nSPS) is 14.2. The predicted octanol–water partition coefficient (Wildman–Crippen LogP) is 3.13. The molecule has 1 aliphatic rings. The summed E-state index contributed by atoms with van der Waals surface area (Å²) < 4.78 is 11.3. The molecule has 1 aliphatic heterocycles. The van der Waals surface area contributed by atoms with Gasteiger partial charge in [-0.3, -0.25) is 9.59 Å². The highest BCUT2D eigenvalue weighted by atomic mass is 35.5. The van der Waals surface area contributed by atoms with Gasteiger partial charge in [-0.05, 0) is 58.7 Å². The molecule has 1 fully saturated rings. The third-order valence-electron chi connectivity index (χ3n) is 4.55. The molecule has 7 nitrogen and oxygen atoms in total. The molecule has 0 spiro atoms. The second kappa shape index (κ2) is 11.4. The first-order chi connectivity index (χ1) is 14.2. The second-order valence-electron chi connectivity index (χ2n) is 8.42. The Hall–Kier alpha value is -1.99. The van der Waals surface area contributed by atoms with Crippen molar-refractivity contribution in [2.45, 2.75) is 59.0 Å². The average molecular weight is 440 g/mol. The Balaban J connectivity index is 1.88. The smallest absolute Gasteiger partial charge is 0.258 e. The lowest BCUT2D eigenvalue weighted by Gasteiger charge is -2.21. The van der Waals surface area contributed by atoms with Gasteiger partial charge < -0.3 is 25.0 Å². The van der Waals surface area contributed by atoms with E-state index in [1.165, 1.54) is 0 Å². The Kier molecular flexibility index (Phi) is 9.24. The summed E-state index contributed by atoms with van der Waals surface area (Å²) in [5, 5.41) is 6.77. The van der Waals surface area contributed by atoms with E-state index in [1.807, 2.05) is 38.7 Å². The number of ether oxygens (including phenoxy) is 2. The summed E-state index contributed by atoms with van der Waals surface area (Å²) in [6, 6.07) is 3.54. The maximum atomic E-state index is 12.0. The van der Waals surface area contributed by atoms with Crippen molar-refractivity contribution in [1.82, 2.24) is 15.5 Å². The van der Waals surface area contributed by atoms with Crippen LogP contribution in [0.2, 0.25) is 5.02 Å². The van der Waals surface area contributed by atoms with Gasteiger partial charge in [0.25, 0.3) is 5.91 Å². The van der Waals surface area contributed by atoms with Gasteiger partial charge in [0.15, 0.2) is 18.1 Å². The number of amides is 2. The van der Waals surface area contributed by atoms with Gasteiger partial charge in [-0.1, -0.05) is 11.6 Å². The van der Waals surface area contributed by atoms with Crippen molar-refractivity contribution in [1.29, 1.82) is 0 Å². The molecule has 2 N–H and O–H groups in total. The summed E-state index contributed by atoms with van der Waals surface area (Å²) in [4.78, 5) is 25.6. The lowest BCUT2D eigenvalue weighted by atomic mass is 10.1. The first kappa shape index (κ1) is 24.3. The van der Waals surface area contributed by atoms with Crippen LogP contribution in [0, 0.1) is 0 Å². The van der Waals surface area contributed by atoms with Crippen molar-refractivity contribution in [2.24, 2.45) is 0 Å². The van der Waals surface area contributed by atoms with Crippen molar-refractivity contribution in [3.8, 4) is 11.5 Å². The molecule has 0 bridgehead atoms. The molecule has 30 heavy (non-hydrogen) atoms. The number of likely N-dealkylation sites (tertiary alicyclic amines) is 1. The highest BCUT2D eigenvalue weighted by molar-refractivity contribution is 6.31. The molecule has 2 rings (SSSR count). The van der Waals surface area contributed by atoms with Crippen LogP contribution in [-0.4, -0.2) is 55.1 Å². The van der Waals surface area contributed by atoms with Gasteiger partial charge >= 0.3 is 0 Å². The molecule has 0 saturated carbocycles. The standard InChI is InChI=1S/C22H34ClN3O4/c1-5-29-18-12-16(14-24-9-7-11-26-10-6-8-21(26)28)17(23)13-19(18)30-15-20(27)25-22(2,3)4/h12-13,24H,5-11,14-15H2,1-4H3,(H,25,27). The van der Waals surface area contributed by atoms with Gasteiger partial charge in [0.1, 0.15) is 0 Å². The quantitative estimate of drug-likeness (QED) is 0.518. The Morgan fingerprint density at radius 1 is 1.23 bits per heavy atom.